The van der Waals surface area contributed by atoms with E-state index in [0.717, 1.165) is 11.2 Å². The predicted molar refractivity (Wildman–Crippen MR) is 71.2 cm³/mol. The summed E-state index contributed by atoms with van der Waals surface area (Å²) >= 11 is 2.37. The van der Waals surface area contributed by atoms with E-state index in [0.29, 0.717) is 0 Å². The van der Waals surface area contributed by atoms with Gasteiger partial charge in [0.2, 0.25) is 0 Å². The monoisotopic (exact) mass is 308 g/mol. The van der Waals surface area contributed by atoms with Crippen LogP contribution in [0.15, 0.2) is 40.8 Å². The van der Waals surface area contributed by atoms with Gasteiger partial charge in [0.25, 0.3) is 0 Å². The highest BCUT2D eigenvalue weighted by molar-refractivity contribution is 14.1. The van der Waals surface area contributed by atoms with Crippen LogP contribution in [0.1, 0.15) is 5.56 Å². The molecule has 1 nitrogen and oxygen atoms in total. The van der Waals surface area contributed by atoms with E-state index in [1.165, 1.54) is 19.9 Å². The van der Waals surface area contributed by atoms with Crippen LogP contribution in [-0.2, 0) is 0 Å². The van der Waals surface area contributed by atoms with Gasteiger partial charge in [-0.05, 0) is 53.3 Å². The quantitative estimate of drug-likeness (QED) is 0.557. The van der Waals surface area contributed by atoms with Gasteiger partial charge in [-0.25, -0.2) is 0 Å². The molecular weight excluding hydrogens is 299 g/mol. The number of furan rings is 1. The summed E-state index contributed by atoms with van der Waals surface area (Å²) in [5.74, 6) is 0. The van der Waals surface area contributed by atoms with Crippen molar-refractivity contribution in [1.82, 2.24) is 0 Å². The summed E-state index contributed by atoms with van der Waals surface area (Å²) in [6, 6.07) is 12.5. The third-order valence-electron chi connectivity index (χ3n) is 2.57. The molecule has 3 aromatic rings. The molecule has 0 unspecified atom stereocenters. The van der Waals surface area contributed by atoms with Crippen molar-refractivity contribution in [3.05, 3.63) is 45.5 Å². The Bertz CT molecular complexity index is 652. The lowest BCUT2D eigenvalue weighted by Crippen LogP contribution is -1.76. The first kappa shape index (κ1) is 9.21. The zero-order valence-corrected chi connectivity index (χ0v) is 10.4. The number of hydrogen-bond acceptors (Lipinski definition) is 1. The lowest BCUT2D eigenvalue weighted by Gasteiger charge is -1.96. The Labute approximate surface area is 101 Å². The van der Waals surface area contributed by atoms with Crippen molar-refractivity contribution in [2.24, 2.45) is 0 Å². The third-order valence-corrected chi connectivity index (χ3v) is 3.43. The van der Waals surface area contributed by atoms with Crippen LogP contribution < -0.4 is 0 Å². The van der Waals surface area contributed by atoms with Crippen molar-refractivity contribution < 1.29 is 4.42 Å². The van der Waals surface area contributed by atoms with Gasteiger partial charge in [-0.1, -0.05) is 18.2 Å². The zero-order valence-electron chi connectivity index (χ0n) is 8.25. The molecule has 74 valence electrons. The first-order chi connectivity index (χ1) is 7.25. The van der Waals surface area contributed by atoms with Gasteiger partial charge in [0, 0.05) is 14.3 Å². The summed E-state index contributed by atoms with van der Waals surface area (Å²) in [6.45, 7) is 2.09. The topological polar surface area (TPSA) is 13.1 Å². The first-order valence-electron chi connectivity index (χ1n) is 4.83. The lowest BCUT2D eigenvalue weighted by atomic mass is 10.1. The second-order valence-electron chi connectivity index (χ2n) is 3.72. The molecule has 15 heavy (non-hydrogen) atoms. The normalized spacial score (nSPS) is 11.3. The van der Waals surface area contributed by atoms with Gasteiger partial charge >= 0.3 is 0 Å². The van der Waals surface area contributed by atoms with Gasteiger partial charge in [0.1, 0.15) is 11.2 Å². The summed E-state index contributed by atoms with van der Waals surface area (Å²) in [5.41, 5.74) is 3.20. The van der Waals surface area contributed by atoms with Crippen LogP contribution in [0.4, 0.5) is 0 Å². The van der Waals surface area contributed by atoms with E-state index in [9.17, 15) is 0 Å². The van der Waals surface area contributed by atoms with Crippen molar-refractivity contribution >= 4 is 44.5 Å². The number of hydrogen-bond donors (Lipinski definition) is 0. The zero-order chi connectivity index (χ0) is 10.4. The maximum absolute atomic E-state index is 5.81. The van der Waals surface area contributed by atoms with Gasteiger partial charge in [0.15, 0.2) is 0 Å². The fourth-order valence-electron chi connectivity index (χ4n) is 1.93. The Morgan fingerprint density at radius 1 is 1.07 bits per heavy atom. The number of benzene rings is 2. The molecule has 0 fully saturated rings. The second kappa shape index (κ2) is 3.23. The van der Waals surface area contributed by atoms with Crippen LogP contribution in [0.2, 0.25) is 0 Å². The molecule has 0 saturated carbocycles. The number of aryl methyl sites for hydroxylation is 1. The summed E-state index contributed by atoms with van der Waals surface area (Å²) in [6.07, 6.45) is 0. The molecule has 0 atom stereocenters. The van der Waals surface area contributed by atoms with Crippen molar-refractivity contribution in [2.75, 3.05) is 0 Å². The maximum atomic E-state index is 5.81. The fraction of sp³-hybridized carbons (Fsp3) is 0.0769. The number of halogens is 1. The van der Waals surface area contributed by atoms with Crippen LogP contribution in [0, 0.1) is 10.5 Å². The molecule has 0 aliphatic carbocycles. The molecule has 0 saturated heterocycles. The Balaban J connectivity index is 2.61. The minimum Gasteiger partial charge on any atom is -0.456 e. The molecule has 0 spiro atoms. The summed E-state index contributed by atoms with van der Waals surface area (Å²) in [4.78, 5) is 0. The molecule has 1 heterocycles. The first-order valence-corrected chi connectivity index (χ1v) is 5.91. The van der Waals surface area contributed by atoms with E-state index in [2.05, 4.69) is 47.7 Å². The molecular formula is C13H9IO. The van der Waals surface area contributed by atoms with Crippen molar-refractivity contribution in [3.63, 3.8) is 0 Å². The summed E-state index contributed by atoms with van der Waals surface area (Å²) < 4.78 is 7.07. The van der Waals surface area contributed by atoms with Gasteiger partial charge in [-0.15, -0.1) is 0 Å². The number of rotatable bonds is 0. The van der Waals surface area contributed by atoms with E-state index < -0.39 is 0 Å². The average Bonchev–Trinajstić information content (AvgIpc) is 2.54. The fourth-order valence-corrected chi connectivity index (χ4v) is 2.98. The van der Waals surface area contributed by atoms with Crippen molar-refractivity contribution in [2.45, 2.75) is 6.92 Å². The largest absolute Gasteiger partial charge is 0.456 e. The maximum Gasteiger partial charge on any atom is 0.136 e. The minimum absolute atomic E-state index is 0.969. The molecule has 2 aromatic carbocycles. The third kappa shape index (κ3) is 1.35. The molecule has 1 aromatic heterocycles. The van der Waals surface area contributed by atoms with Crippen LogP contribution in [0.3, 0.4) is 0 Å². The highest BCUT2D eigenvalue weighted by Gasteiger charge is 2.09. The highest BCUT2D eigenvalue weighted by Crippen LogP contribution is 2.32. The van der Waals surface area contributed by atoms with Crippen LogP contribution >= 0.6 is 22.6 Å². The lowest BCUT2D eigenvalue weighted by molar-refractivity contribution is 0.668. The van der Waals surface area contributed by atoms with Crippen LogP contribution in [-0.4, -0.2) is 0 Å². The van der Waals surface area contributed by atoms with Crippen LogP contribution in [0.5, 0.6) is 0 Å². The Morgan fingerprint density at radius 3 is 2.73 bits per heavy atom. The summed E-state index contributed by atoms with van der Waals surface area (Å²) in [7, 11) is 0. The van der Waals surface area contributed by atoms with Gasteiger partial charge in [-0.3, -0.25) is 0 Å². The summed E-state index contributed by atoms with van der Waals surface area (Å²) in [5, 5.41) is 2.44. The average molecular weight is 308 g/mol. The second-order valence-corrected chi connectivity index (χ2v) is 4.88. The molecule has 0 bridgehead atoms. The van der Waals surface area contributed by atoms with E-state index in [4.69, 9.17) is 4.42 Å². The van der Waals surface area contributed by atoms with E-state index in [1.807, 2.05) is 18.2 Å². The molecule has 0 aliphatic heterocycles. The predicted octanol–water partition coefficient (Wildman–Crippen LogP) is 4.50. The molecule has 0 N–H and O–H groups in total. The van der Waals surface area contributed by atoms with Crippen molar-refractivity contribution in [3.8, 4) is 0 Å². The van der Waals surface area contributed by atoms with Gasteiger partial charge in [-0.2, -0.15) is 0 Å². The number of para-hydroxylation sites is 1. The van der Waals surface area contributed by atoms with Crippen LogP contribution in [0.25, 0.3) is 21.9 Å². The van der Waals surface area contributed by atoms with Gasteiger partial charge < -0.3 is 4.42 Å². The van der Waals surface area contributed by atoms with Crippen molar-refractivity contribution in [1.29, 1.82) is 0 Å². The SMILES string of the molecule is Cc1cc(I)c2c(c1)oc1ccccc12. The Morgan fingerprint density at radius 2 is 1.87 bits per heavy atom. The molecule has 0 aliphatic rings. The van der Waals surface area contributed by atoms with Gasteiger partial charge in [0.05, 0.1) is 0 Å². The Hall–Kier alpha value is -1.03. The van der Waals surface area contributed by atoms with E-state index >= 15 is 0 Å². The minimum atomic E-state index is 0.969. The Kier molecular flexibility index (Phi) is 1.99. The van der Waals surface area contributed by atoms with E-state index in [-0.39, 0.29) is 0 Å². The molecule has 2 heteroatoms. The molecule has 0 radical (unpaired) electrons. The smallest absolute Gasteiger partial charge is 0.136 e. The number of fused-ring (bicyclic) bond motifs is 3. The standard InChI is InChI=1S/C13H9IO/c1-8-6-10(14)13-9-4-2-3-5-11(9)15-12(13)7-8/h2-7H,1H3. The highest BCUT2D eigenvalue weighted by atomic mass is 127. The molecule has 0 amide bonds. The van der Waals surface area contributed by atoms with E-state index in [1.54, 1.807) is 0 Å². The molecule has 3 rings (SSSR count).